The van der Waals surface area contributed by atoms with E-state index in [9.17, 15) is 18.0 Å². The number of aromatic nitrogens is 2. The Morgan fingerprint density at radius 2 is 1.81 bits per heavy atom. The zero-order valence-electron chi connectivity index (χ0n) is 17.1. The predicted octanol–water partition coefficient (Wildman–Crippen LogP) is 4.83. The molecule has 3 rings (SSSR count). The van der Waals surface area contributed by atoms with Crippen LogP contribution in [0, 0.1) is 0 Å². The van der Waals surface area contributed by atoms with Gasteiger partial charge in [0.1, 0.15) is 6.61 Å². The van der Waals surface area contributed by atoms with Gasteiger partial charge in [0.2, 0.25) is 0 Å². The minimum absolute atomic E-state index is 0.110. The Labute approximate surface area is 186 Å². The van der Waals surface area contributed by atoms with Crippen molar-refractivity contribution in [2.24, 2.45) is 0 Å². The normalized spacial score (nSPS) is 11.3. The van der Waals surface area contributed by atoms with Crippen LogP contribution in [0.15, 0.2) is 48.7 Å². The molecule has 0 spiro atoms. The quantitative estimate of drug-likeness (QED) is 0.478. The van der Waals surface area contributed by atoms with Crippen molar-refractivity contribution in [1.29, 1.82) is 0 Å². The Bertz CT molecular complexity index is 1080. The molecule has 0 aliphatic heterocycles. The van der Waals surface area contributed by atoms with Gasteiger partial charge in [-0.1, -0.05) is 11.6 Å². The van der Waals surface area contributed by atoms with Crippen LogP contribution in [0.3, 0.4) is 0 Å². The molecule has 3 aromatic rings. The average molecular weight is 470 g/mol. The summed E-state index contributed by atoms with van der Waals surface area (Å²) in [6.45, 7) is 0.537. The van der Waals surface area contributed by atoms with Crippen molar-refractivity contribution >= 4 is 23.2 Å². The number of carbonyl (C=O) groups excluding carboxylic acids is 1. The predicted molar refractivity (Wildman–Crippen MR) is 112 cm³/mol. The van der Waals surface area contributed by atoms with E-state index in [-0.39, 0.29) is 18.0 Å². The highest BCUT2D eigenvalue weighted by atomic mass is 35.5. The highest BCUT2D eigenvalue weighted by Crippen LogP contribution is 2.35. The minimum atomic E-state index is -4.84. The number of rotatable bonds is 8. The van der Waals surface area contributed by atoms with Crippen molar-refractivity contribution in [1.82, 2.24) is 9.78 Å². The van der Waals surface area contributed by atoms with E-state index >= 15 is 0 Å². The Morgan fingerprint density at radius 1 is 1.09 bits per heavy atom. The number of carbonyl (C=O) groups is 1. The lowest BCUT2D eigenvalue weighted by molar-refractivity contribution is -0.143. The number of nitrogens with zero attached hydrogens (tertiary/aromatic N) is 2. The summed E-state index contributed by atoms with van der Waals surface area (Å²) in [6, 6.07) is 10.1. The van der Waals surface area contributed by atoms with E-state index in [0.717, 1.165) is 6.20 Å². The van der Waals surface area contributed by atoms with Gasteiger partial charge in [-0.2, -0.15) is 18.3 Å². The lowest BCUT2D eigenvalue weighted by atomic mass is 10.2. The summed E-state index contributed by atoms with van der Waals surface area (Å²) in [5.41, 5.74) is -1.51. The molecule has 0 radical (unpaired) electrons. The second-order valence-corrected chi connectivity index (χ2v) is 6.89. The van der Waals surface area contributed by atoms with E-state index in [1.165, 1.54) is 56.7 Å². The fraction of sp³-hybridized carbons (Fsp3) is 0.238. The van der Waals surface area contributed by atoms with Gasteiger partial charge in [-0.25, -0.2) is 4.68 Å². The molecule has 0 unspecified atom stereocenters. The molecule has 0 aliphatic rings. The number of hydrogen-bond acceptors (Lipinski definition) is 5. The lowest BCUT2D eigenvalue weighted by Gasteiger charge is -2.14. The molecular formula is C21H19ClF3N3O4. The maximum atomic E-state index is 13.8. The molecule has 0 bridgehead atoms. The fourth-order valence-corrected chi connectivity index (χ4v) is 2.99. The second-order valence-electron chi connectivity index (χ2n) is 6.45. The van der Waals surface area contributed by atoms with Crippen molar-refractivity contribution in [2.45, 2.75) is 6.18 Å². The van der Waals surface area contributed by atoms with Gasteiger partial charge in [0, 0.05) is 23.9 Å². The zero-order valence-corrected chi connectivity index (χ0v) is 17.8. The van der Waals surface area contributed by atoms with E-state index in [2.05, 4.69) is 10.4 Å². The molecule has 0 saturated carbocycles. The summed E-state index contributed by atoms with van der Waals surface area (Å²) >= 11 is 5.81. The number of hydrogen-bond donors (Lipinski definition) is 1. The van der Waals surface area contributed by atoms with Crippen LogP contribution < -0.4 is 14.8 Å². The summed E-state index contributed by atoms with van der Waals surface area (Å²) in [4.78, 5) is 12.7. The summed E-state index contributed by atoms with van der Waals surface area (Å²) in [6.07, 6.45) is -3.97. The van der Waals surface area contributed by atoms with Gasteiger partial charge in [0.25, 0.3) is 5.91 Å². The molecule has 32 heavy (non-hydrogen) atoms. The third-order valence-electron chi connectivity index (χ3n) is 4.32. The van der Waals surface area contributed by atoms with Crippen LogP contribution in [0.4, 0.5) is 18.9 Å². The first kappa shape index (κ1) is 23.4. The molecule has 170 valence electrons. The first-order valence-electron chi connectivity index (χ1n) is 9.27. The molecular weight excluding hydrogens is 451 g/mol. The number of benzene rings is 2. The van der Waals surface area contributed by atoms with E-state index in [1.54, 1.807) is 0 Å². The summed E-state index contributed by atoms with van der Waals surface area (Å²) in [5, 5.41) is 6.58. The first-order chi connectivity index (χ1) is 15.2. The van der Waals surface area contributed by atoms with Crippen molar-refractivity contribution in [3.05, 3.63) is 64.9 Å². The lowest BCUT2D eigenvalue weighted by Crippen LogP contribution is -2.20. The number of anilines is 1. The Kier molecular flexibility index (Phi) is 7.26. The van der Waals surface area contributed by atoms with E-state index in [0.29, 0.717) is 27.8 Å². The number of nitrogens with one attached hydrogen (secondary N) is 1. The van der Waals surface area contributed by atoms with Crippen LogP contribution in [0.2, 0.25) is 5.02 Å². The van der Waals surface area contributed by atoms with Gasteiger partial charge in [-0.3, -0.25) is 4.79 Å². The number of ether oxygens (including phenoxy) is 3. The smallest absolute Gasteiger partial charge is 0.434 e. The van der Waals surface area contributed by atoms with Crippen molar-refractivity contribution < 1.29 is 32.2 Å². The third kappa shape index (κ3) is 5.32. The van der Waals surface area contributed by atoms with Gasteiger partial charge in [-0.05, 0) is 36.4 Å². The van der Waals surface area contributed by atoms with Crippen LogP contribution in [0.1, 0.15) is 16.1 Å². The monoisotopic (exact) mass is 469 g/mol. The highest BCUT2D eigenvalue weighted by Gasteiger charge is 2.40. The zero-order chi connectivity index (χ0) is 23.3. The number of alkyl halides is 3. The van der Waals surface area contributed by atoms with Crippen LogP contribution >= 0.6 is 11.6 Å². The Morgan fingerprint density at radius 3 is 2.44 bits per heavy atom. The molecule has 1 amide bonds. The van der Waals surface area contributed by atoms with Gasteiger partial charge < -0.3 is 19.5 Å². The molecule has 0 saturated heterocycles. The highest BCUT2D eigenvalue weighted by molar-refractivity contribution is 6.30. The molecule has 0 atom stereocenters. The number of amides is 1. The summed E-state index contributed by atoms with van der Waals surface area (Å²) in [7, 11) is 2.96. The second kappa shape index (κ2) is 9.92. The van der Waals surface area contributed by atoms with E-state index < -0.39 is 23.3 Å². The third-order valence-corrected chi connectivity index (χ3v) is 4.57. The van der Waals surface area contributed by atoms with Crippen molar-refractivity contribution in [3.63, 3.8) is 0 Å². The number of halogens is 4. The standard InChI is InChI=1S/C21H19ClF3N3O4/c1-30-9-10-32-18-11-14(5-8-17(18)31-2)27-20(29)16-12-26-28(19(16)21(23,24)25)15-6-3-13(22)4-7-15/h3-8,11-12H,9-10H2,1-2H3,(H,27,29). The molecule has 2 aromatic carbocycles. The van der Waals surface area contributed by atoms with Crippen molar-refractivity contribution in [3.8, 4) is 17.2 Å². The maximum Gasteiger partial charge on any atom is 0.434 e. The Hall–Kier alpha value is -3.24. The molecule has 11 heteroatoms. The molecule has 1 aromatic heterocycles. The SMILES string of the molecule is COCCOc1cc(NC(=O)c2cnn(-c3ccc(Cl)cc3)c2C(F)(F)F)ccc1OC. The summed E-state index contributed by atoms with van der Waals surface area (Å²) < 4.78 is 57.8. The van der Waals surface area contributed by atoms with E-state index in [4.69, 9.17) is 25.8 Å². The van der Waals surface area contributed by atoms with Gasteiger partial charge in [0.05, 0.1) is 31.2 Å². The molecule has 7 nitrogen and oxygen atoms in total. The summed E-state index contributed by atoms with van der Waals surface area (Å²) in [5.74, 6) is -0.286. The van der Waals surface area contributed by atoms with Gasteiger partial charge in [-0.15, -0.1) is 0 Å². The molecule has 0 aliphatic carbocycles. The largest absolute Gasteiger partial charge is 0.493 e. The molecule has 0 fully saturated rings. The first-order valence-corrected chi connectivity index (χ1v) is 9.64. The Balaban J connectivity index is 1.91. The van der Waals surface area contributed by atoms with Crippen LogP contribution in [-0.2, 0) is 10.9 Å². The topological polar surface area (TPSA) is 74.6 Å². The van der Waals surface area contributed by atoms with Crippen molar-refractivity contribution in [2.75, 3.05) is 32.8 Å². The maximum absolute atomic E-state index is 13.8. The van der Waals surface area contributed by atoms with E-state index in [1.807, 2.05) is 0 Å². The number of methoxy groups -OCH3 is 2. The van der Waals surface area contributed by atoms with Crippen LogP contribution in [-0.4, -0.2) is 43.1 Å². The average Bonchev–Trinajstić information content (AvgIpc) is 3.21. The van der Waals surface area contributed by atoms with Crippen LogP contribution in [0.25, 0.3) is 5.69 Å². The van der Waals surface area contributed by atoms with Crippen LogP contribution in [0.5, 0.6) is 11.5 Å². The van der Waals surface area contributed by atoms with Gasteiger partial charge >= 0.3 is 6.18 Å². The molecule has 1 heterocycles. The fourth-order valence-electron chi connectivity index (χ4n) is 2.87. The van der Waals surface area contributed by atoms with Gasteiger partial charge in [0.15, 0.2) is 17.2 Å². The minimum Gasteiger partial charge on any atom is -0.493 e. The molecule has 1 N–H and O–H groups in total.